The molecule has 0 bridgehead atoms. The molecule has 3 N–H and O–H groups in total. The highest BCUT2D eigenvalue weighted by atomic mass is 32.2. The molecule has 2 fully saturated rings. The smallest absolute Gasteiger partial charge is 0.242 e. The number of amides is 1. The van der Waals surface area contributed by atoms with E-state index >= 15 is 0 Å². The quantitative estimate of drug-likeness (QED) is 0.742. The zero-order valence-corrected chi connectivity index (χ0v) is 13.0. The second-order valence-electron chi connectivity index (χ2n) is 5.18. The van der Waals surface area contributed by atoms with Crippen LogP contribution >= 0.6 is 11.8 Å². The number of thioether (sulfide) groups is 1. The second kappa shape index (κ2) is 5.96. The molecule has 1 aromatic carbocycles. The van der Waals surface area contributed by atoms with Gasteiger partial charge in [0.15, 0.2) is 0 Å². The standard InChI is InChI=1S/C13H17N3O3S2/c17-13(12-7-20-8-14-12)15-9-3-5-11(6-4-9)21(18,19)16-10-1-2-10/h3-6,10,12,14,16H,1-2,7-8H2,(H,15,17). The summed E-state index contributed by atoms with van der Waals surface area (Å²) in [5, 5.41) is 5.87. The molecular formula is C13H17N3O3S2. The van der Waals surface area contributed by atoms with Crippen molar-refractivity contribution in [2.75, 3.05) is 16.9 Å². The average Bonchev–Trinajstić information content (AvgIpc) is 3.08. The van der Waals surface area contributed by atoms with Crippen molar-refractivity contribution >= 4 is 33.4 Å². The number of benzene rings is 1. The lowest BCUT2D eigenvalue weighted by Crippen LogP contribution is -2.37. The zero-order chi connectivity index (χ0) is 14.9. The summed E-state index contributed by atoms with van der Waals surface area (Å²) in [4.78, 5) is 12.2. The molecule has 1 saturated carbocycles. The van der Waals surface area contributed by atoms with Gasteiger partial charge in [0, 0.05) is 23.4 Å². The van der Waals surface area contributed by atoms with Crippen LogP contribution in [0.5, 0.6) is 0 Å². The summed E-state index contributed by atoms with van der Waals surface area (Å²) in [6.45, 7) is 0. The minimum Gasteiger partial charge on any atom is -0.325 e. The first-order valence-corrected chi connectivity index (χ1v) is 9.43. The Hall–Kier alpha value is -1.09. The molecule has 1 aromatic rings. The van der Waals surface area contributed by atoms with E-state index in [1.807, 2.05) is 0 Å². The van der Waals surface area contributed by atoms with Gasteiger partial charge in [-0.15, -0.1) is 11.8 Å². The molecule has 3 rings (SSSR count). The number of carbonyl (C=O) groups excluding carboxylic acids is 1. The van der Waals surface area contributed by atoms with Crippen LogP contribution in [0.4, 0.5) is 5.69 Å². The van der Waals surface area contributed by atoms with Crippen molar-refractivity contribution in [2.45, 2.75) is 29.8 Å². The number of nitrogens with one attached hydrogen (secondary N) is 3. The molecule has 114 valence electrons. The van der Waals surface area contributed by atoms with Crippen LogP contribution in [0.15, 0.2) is 29.2 Å². The first-order chi connectivity index (χ1) is 10.0. The predicted molar refractivity (Wildman–Crippen MR) is 82.7 cm³/mol. The normalized spacial score (nSPS) is 22.2. The van der Waals surface area contributed by atoms with Crippen molar-refractivity contribution in [1.29, 1.82) is 0 Å². The Morgan fingerprint density at radius 1 is 1.24 bits per heavy atom. The Morgan fingerprint density at radius 3 is 2.52 bits per heavy atom. The molecule has 6 nitrogen and oxygen atoms in total. The van der Waals surface area contributed by atoms with Gasteiger partial charge in [-0.05, 0) is 37.1 Å². The van der Waals surface area contributed by atoms with Crippen LogP contribution in [-0.4, -0.2) is 38.0 Å². The minimum atomic E-state index is -3.44. The summed E-state index contributed by atoms with van der Waals surface area (Å²) in [6.07, 6.45) is 1.81. The number of carbonyl (C=O) groups is 1. The fraction of sp³-hybridized carbons (Fsp3) is 0.462. The van der Waals surface area contributed by atoms with Gasteiger partial charge in [0.1, 0.15) is 0 Å². The summed E-state index contributed by atoms with van der Waals surface area (Å²) in [5.41, 5.74) is 0.601. The number of rotatable bonds is 5. The third-order valence-corrected chi connectivity index (χ3v) is 5.84. The third kappa shape index (κ3) is 3.76. The Morgan fingerprint density at radius 2 is 1.95 bits per heavy atom. The Kier molecular flexibility index (Phi) is 4.21. The van der Waals surface area contributed by atoms with Crippen LogP contribution < -0.4 is 15.4 Å². The highest BCUT2D eigenvalue weighted by Gasteiger charge is 2.28. The van der Waals surface area contributed by atoms with Crippen molar-refractivity contribution in [1.82, 2.24) is 10.0 Å². The molecule has 8 heteroatoms. The van der Waals surface area contributed by atoms with Crippen LogP contribution in [0.2, 0.25) is 0 Å². The van der Waals surface area contributed by atoms with Gasteiger partial charge in [-0.2, -0.15) is 0 Å². The van der Waals surface area contributed by atoms with Crippen molar-refractivity contribution in [2.24, 2.45) is 0 Å². The predicted octanol–water partition coefficient (Wildman–Crippen LogP) is 0.728. The maximum absolute atomic E-state index is 12.0. The van der Waals surface area contributed by atoms with Gasteiger partial charge in [-0.1, -0.05) is 0 Å². The van der Waals surface area contributed by atoms with E-state index < -0.39 is 10.0 Å². The largest absolute Gasteiger partial charge is 0.325 e. The SMILES string of the molecule is O=C(Nc1ccc(S(=O)(=O)NC2CC2)cc1)C1CSCN1. The zero-order valence-electron chi connectivity index (χ0n) is 11.3. The molecule has 1 unspecified atom stereocenters. The number of sulfonamides is 1. The maximum atomic E-state index is 12.0. The fourth-order valence-electron chi connectivity index (χ4n) is 2.00. The van der Waals surface area contributed by atoms with Crippen LogP contribution in [0.1, 0.15) is 12.8 Å². The van der Waals surface area contributed by atoms with Gasteiger partial charge in [0.25, 0.3) is 0 Å². The van der Waals surface area contributed by atoms with E-state index in [-0.39, 0.29) is 22.9 Å². The summed E-state index contributed by atoms with van der Waals surface area (Å²) < 4.78 is 26.7. The van der Waals surface area contributed by atoms with Gasteiger partial charge >= 0.3 is 0 Å². The van der Waals surface area contributed by atoms with Crippen molar-refractivity contribution < 1.29 is 13.2 Å². The highest BCUT2D eigenvalue weighted by Crippen LogP contribution is 2.23. The maximum Gasteiger partial charge on any atom is 0.242 e. The molecule has 1 aliphatic carbocycles. The Balaban J connectivity index is 1.64. The van der Waals surface area contributed by atoms with E-state index in [1.165, 1.54) is 12.1 Å². The molecule has 1 amide bonds. The number of anilines is 1. The van der Waals surface area contributed by atoms with Gasteiger partial charge in [-0.3, -0.25) is 10.1 Å². The summed E-state index contributed by atoms with van der Waals surface area (Å²) >= 11 is 1.68. The third-order valence-electron chi connectivity index (χ3n) is 3.36. The molecule has 21 heavy (non-hydrogen) atoms. The van der Waals surface area contributed by atoms with Crippen LogP contribution in [0.3, 0.4) is 0 Å². The average molecular weight is 327 g/mol. The first-order valence-electron chi connectivity index (χ1n) is 6.79. The molecular weight excluding hydrogens is 310 g/mol. The van der Waals surface area contributed by atoms with Crippen LogP contribution in [0, 0.1) is 0 Å². The van der Waals surface area contributed by atoms with E-state index in [4.69, 9.17) is 0 Å². The molecule has 1 saturated heterocycles. The van der Waals surface area contributed by atoms with E-state index in [0.717, 1.165) is 24.5 Å². The van der Waals surface area contributed by atoms with Crippen LogP contribution in [0.25, 0.3) is 0 Å². The molecule has 0 radical (unpaired) electrons. The number of hydrogen-bond acceptors (Lipinski definition) is 5. The van der Waals surface area contributed by atoms with Crippen LogP contribution in [-0.2, 0) is 14.8 Å². The topological polar surface area (TPSA) is 87.3 Å². The van der Waals surface area contributed by atoms with Crippen molar-refractivity contribution in [3.8, 4) is 0 Å². The van der Waals surface area contributed by atoms with Crippen molar-refractivity contribution in [3.05, 3.63) is 24.3 Å². The summed E-state index contributed by atoms with van der Waals surface area (Å²) in [6, 6.07) is 6.15. The lowest BCUT2D eigenvalue weighted by molar-refractivity contribution is -0.117. The fourth-order valence-corrected chi connectivity index (χ4v) is 4.25. The van der Waals surface area contributed by atoms with E-state index in [2.05, 4.69) is 15.4 Å². The highest BCUT2D eigenvalue weighted by molar-refractivity contribution is 7.99. The summed E-state index contributed by atoms with van der Waals surface area (Å²) in [5.74, 6) is 1.44. The van der Waals surface area contributed by atoms with E-state index in [1.54, 1.807) is 23.9 Å². The Labute approximate surface area is 128 Å². The summed E-state index contributed by atoms with van der Waals surface area (Å²) in [7, 11) is -3.44. The molecule has 2 aliphatic rings. The van der Waals surface area contributed by atoms with Gasteiger partial charge < -0.3 is 5.32 Å². The van der Waals surface area contributed by atoms with E-state index in [9.17, 15) is 13.2 Å². The minimum absolute atomic E-state index is 0.0836. The first kappa shape index (κ1) is 14.8. The van der Waals surface area contributed by atoms with Gasteiger partial charge in [0.05, 0.1) is 10.9 Å². The van der Waals surface area contributed by atoms with E-state index in [0.29, 0.717) is 5.69 Å². The molecule has 0 aromatic heterocycles. The molecule has 0 spiro atoms. The molecule has 1 atom stereocenters. The number of hydrogen-bond donors (Lipinski definition) is 3. The van der Waals surface area contributed by atoms with Gasteiger partial charge in [0.2, 0.25) is 15.9 Å². The molecule has 1 aliphatic heterocycles. The molecule has 1 heterocycles. The van der Waals surface area contributed by atoms with Crippen molar-refractivity contribution in [3.63, 3.8) is 0 Å². The Bertz CT molecular complexity index is 621. The van der Waals surface area contributed by atoms with Gasteiger partial charge in [-0.25, -0.2) is 13.1 Å². The lowest BCUT2D eigenvalue weighted by atomic mass is 10.2. The lowest BCUT2D eigenvalue weighted by Gasteiger charge is -2.11. The second-order valence-corrected chi connectivity index (χ2v) is 7.93. The monoisotopic (exact) mass is 327 g/mol.